The highest BCUT2D eigenvalue weighted by molar-refractivity contribution is 9.10. The van der Waals surface area contributed by atoms with Gasteiger partial charge in [0.2, 0.25) is 0 Å². The van der Waals surface area contributed by atoms with Crippen LogP contribution in [-0.2, 0) is 0 Å². The number of ketones is 1. The van der Waals surface area contributed by atoms with Gasteiger partial charge in [-0.25, -0.2) is 0 Å². The molecular formula is C15H11Br2ClO3. The maximum Gasteiger partial charge on any atom is 0.198 e. The molecule has 0 saturated carbocycles. The minimum Gasteiger partial charge on any atom is -0.496 e. The number of benzene rings is 2. The van der Waals surface area contributed by atoms with Crippen molar-refractivity contribution in [2.45, 2.75) is 0 Å². The maximum atomic E-state index is 12.7. The number of carbonyl (C=O) groups excluding carboxylic acids is 1. The van der Waals surface area contributed by atoms with Gasteiger partial charge in [-0.3, -0.25) is 4.79 Å². The van der Waals surface area contributed by atoms with E-state index in [0.717, 1.165) is 4.47 Å². The first-order valence-electron chi connectivity index (χ1n) is 5.89. The molecule has 0 radical (unpaired) electrons. The van der Waals surface area contributed by atoms with Crippen LogP contribution in [0.2, 0.25) is 5.02 Å². The van der Waals surface area contributed by atoms with Gasteiger partial charge in [0, 0.05) is 10.0 Å². The number of halogens is 3. The van der Waals surface area contributed by atoms with E-state index in [1.807, 2.05) is 0 Å². The molecule has 3 nitrogen and oxygen atoms in total. The molecule has 0 aromatic heterocycles. The largest absolute Gasteiger partial charge is 0.496 e. The summed E-state index contributed by atoms with van der Waals surface area (Å²) in [7, 11) is 3.04. The molecule has 0 aliphatic rings. The van der Waals surface area contributed by atoms with Gasteiger partial charge in [0.25, 0.3) is 0 Å². The topological polar surface area (TPSA) is 35.5 Å². The lowest BCUT2D eigenvalue weighted by atomic mass is 10.0. The van der Waals surface area contributed by atoms with Crippen LogP contribution in [0.1, 0.15) is 15.9 Å². The van der Waals surface area contributed by atoms with Gasteiger partial charge < -0.3 is 9.47 Å². The van der Waals surface area contributed by atoms with Crippen LogP contribution in [0.4, 0.5) is 0 Å². The molecule has 0 spiro atoms. The minimum absolute atomic E-state index is 0.232. The molecule has 110 valence electrons. The van der Waals surface area contributed by atoms with Crippen LogP contribution in [0, 0.1) is 0 Å². The zero-order chi connectivity index (χ0) is 15.6. The second kappa shape index (κ2) is 6.81. The van der Waals surface area contributed by atoms with Gasteiger partial charge in [-0.15, -0.1) is 0 Å². The highest BCUT2D eigenvalue weighted by Gasteiger charge is 2.20. The lowest BCUT2D eigenvalue weighted by molar-refractivity contribution is 0.103. The van der Waals surface area contributed by atoms with Gasteiger partial charge in [-0.2, -0.15) is 0 Å². The third-order valence-corrected chi connectivity index (χ3v) is 4.33. The first kappa shape index (κ1) is 16.3. The summed E-state index contributed by atoms with van der Waals surface area (Å²) in [6.07, 6.45) is 0. The quantitative estimate of drug-likeness (QED) is 0.627. The molecule has 0 bridgehead atoms. The summed E-state index contributed by atoms with van der Waals surface area (Å²) in [6.45, 7) is 0. The molecule has 0 aliphatic heterocycles. The van der Waals surface area contributed by atoms with Crippen molar-refractivity contribution in [2.24, 2.45) is 0 Å². The summed E-state index contributed by atoms with van der Waals surface area (Å²) in [5.41, 5.74) is 0.784. The van der Waals surface area contributed by atoms with Crippen molar-refractivity contribution < 1.29 is 14.3 Å². The summed E-state index contributed by atoms with van der Waals surface area (Å²) in [5, 5.41) is 0.382. The minimum atomic E-state index is -0.232. The molecule has 6 heteroatoms. The lowest BCUT2D eigenvalue weighted by Gasteiger charge is -2.12. The second-order valence-corrected chi connectivity index (χ2v) is 6.32. The van der Waals surface area contributed by atoms with E-state index in [9.17, 15) is 4.79 Å². The van der Waals surface area contributed by atoms with Crippen LogP contribution in [0.25, 0.3) is 0 Å². The van der Waals surface area contributed by atoms with Crippen molar-refractivity contribution >= 4 is 49.2 Å². The van der Waals surface area contributed by atoms with E-state index in [1.165, 1.54) is 14.2 Å². The predicted molar refractivity (Wildman–Crippen MR) is 89.8 cm³/mol. The van der Waals surface area contributed by atoms with E-state index in [-0.39, 0.29) is 5.78 Å². The van der Waals surface area contributed by atoms with Crippen LogP contribution < -0.4 is 9.47 Å². The molecule has 21 heavy (non-hydrogen) atoms. The number of rotatable bonds is 4. The number of ether oxygens (including phenoxy) is 2. The standard InChI is InChI=1S/C15H11Br2ClO3/c1-20-13-7-11(17)14(21-2)6-10(13)15(19)9-5-8(16)3-4-12(9)18/h3-7H,1-2H3. The molecule has 2 aromatic rings. The highest BCUT2D eigenvalue weighted by Crippen LogP contribution is 2.35. The molecule has 0 N–H and O–H groups in total. The molecule has 0 aliphatic carbocycles. The van der Waals surface area contributed by atoms with Gasteiger partial charge in [-0.05, 0) is 46.3 Å². The normalized spacial score (nSPS) is 10.3. The number of hydrogen-bond acceptors (Lipinski definition) is 3. The van der Waals surface area contributed by atoms with Gasteiger partial charge in [0.05, 0.1) is 29.3 Å². The van der Waals surface area contributed by atoms with E-state index in [1.54, 1.807) is 30.3 Å². The summed E-state index contributed by atoms with van der Waals surface area (Å²) in [5.74, 6) is 0.762. The maximum absolute atomic E-state index is 12.7. The van der Waals surface area contributed by atoms with Gasteiger partial charge in [0.15, 0.2) is 5.78 Å². The first-order chi connectivity index (χ1) is 9.97. The van der Waals surface area contributed by atoms with Crippen LogP contribution in [-0.4, -0.2) is 20.0 Å². The Morgan fingerprint density at radius 2 is 1.67 bits per heavy atom. The number of methoxy groups -OCH3 is 2. The summed E-state index contributed by atoms with van der Waals surface area (Å²) in [4.78, 5) is 12.7. The monoisotopic (exact) mass is 432 g/mol. The highest BCUT2D eigenvalue weighted by atomic mass is 79.9. The van der Waals surface area contributed by atoms with Crippen LogP contribution in [0.5, 0.6) is 11.5 Å². The zero-order valence-corrected chi connectivity index (χ0v) is 15.2. The average Bonchev–Trinajstić information content (AvgIpc) is 2.48. The van der Waals surface area contributed by atoms with Gasteiger partial charge in [-0.1, -0.05) is 27.5 Å². The first-order valence-corrected chi connectivity index (χ1v) is 7.85. The predicted octanol–water partition coefficient (Wildman–Crippen LogP) is 5.11. The van der Waals surface area contributed by atoms with E-state index < -0.39 is 0 Å². The summed E-state index contributed by atoms with van der Waals surface area (Å²) >= 11 is 12.8. The number of hydrogen-bond donors (Lipinski definition) is 0. The molecule has 0 amide bonds. The Hall–Kier alpha value is -1.04. The van der Waals surface area contributed by atoms with Crippen LogP contribution in [0.15, 0.2) is 39.3 Å². The Labute approximate surface area is 144 Å². The lowest BCUT2D eigenvalue weighted by Crippen LogP contribution is -2.06. The fourth-order valence-electron chi connectivity index (χ4n) is 1.85. The van der Waals surface area contributed by atoms with E-state index in [4.69, 9.17) is 21.1 Å². The molecule has 2 rings (SSSR count). The van der Waals surface area contributed by atoms with Crippen molar-refractivity contribution in [3.8, 4) is 11.5 Å². The fourth-order valence-corrected chi connectivity index (χ4v) is 2.90. The van der Waals surface area contributed by atoms with Gasteiger partial charge >= 0.3 is 0 Å². The smallest absolute Gasteiger partial charge is 0.198 e. The third kappa shape index (κ3) is 3.42. The van der Waals surface area contributed by atoms with Crippen LogP contribution in [0.3, 0.4) is 0 Å². The van der Waals surface area contributed by atoms with E-state index >= 15 is 0 Å². The Morgan fingerprint density at radius 1 is 1.00 bits per heavy atom. The van der Waals surface area contributed by atoms with Gasteiger partial charge in [0.1, 0.15) is 11.5 Å². The second-order valence-electron chi connectivity index (χ2n) is 4.14. The molecular weight excluding hydrogens is 423 g/mol. The van der Waals surface area contributed by atoms with Crippen molar-refractivity contribution in [2.75, 3.05) is 14.2 Å². The van der Waals surface area contributed by atoms with Crippen molar-refractivity contribution in [3.63, 3.8) is 0 Å². The Morgan fingerprint density at radius 3 is 2.29 bits per heavy atom. The van der Waals surface area contributed by atoms with Crippen LogP contribution >= 0.6 is 43.5 Å². The van der Waals surface area contributed by atoms with E-state index in [0.29, 0.717) is 32.1 Å². The molecule has 0 saturated heterocycles. The molecule has 0 unspecified atom stereocenters. The van der Waals surface area contributed by atoms with Crippen molar-refractivity contribution in [1.29, 1.82) is 0 Å². The summed E-state index contributed by atoms with van der Waals surface area (Å²) < 4.78 is 12.0. The fraction of sp³-hybridized carbons (Fsp3) is 0.133. The SMILES string of the molecule is COc1cc(C(=O)c2cc(Br)ccc2Cl)c(OC)cc1Br. The zero-order valence-electron chi connectivity index (χ0n) is 11.2. The molecule has 0 fully saturated rings. The average molecular weight is 435 g/mol. The number of carbonyl (C=O) groups is 1. The van der Waals surface area contributed by atoms with Crippen molar-refractivity contribution in [3.05, 3.63) is 55.4 Å². The van der Waals surface area contributed by atoms with E-state index in [2.05, 4.69) is 31.9 Å². The Kier molecular flexibility index (Phi) is 5.30. The Balaban J connectivity index is 2.59. The Bertz CT molecular complexity index is 702. The molecule has 0 heterocycles. The summed E-state index contributed by atoms with van der Waals surface area (Å²) in [6, 6.07) is 8.44. The third-order valence-electron chi connectivity index (χ3n) is 2.89. The molecule has 2 aromatic carbocycles. The molecule has 0 atom stereocenters. The van der Waals surface area contributed by atoms with Crippen molar-refractivity contribution in [1.82, 2.24) is 0 Å².